The molecule has 0 bridgehead atoms. The third-order valence-electron chi connectivity index (χ3n) is 4.96. The topological polar surface area (TPSA) is 34.1 Å². The highest BCUT2D eigenvalue weighted by Crippen LogP contribution is 2.34. The predicted octanol–water partition coefficient (Wildman–Crippen LogP) is 5.02. The van der Waals surface area contributed by atoms with Crippen molar-refractivity contribution in [2.45, 2.75) is 76.9 Å². The van der Waals surface area contributed by atoms with Crippen molar-refractivity contribution in [3.05, 3.63) is 23.1 Å². The van der Waals surface area contributed by atoms with Gasteiger partial charge in [0.15, 0.2) is 9.84 Å². The molecule has 2 rings (SSSR count). The number of sulfone groups is 1. The van der Waals surface area contributed by atoms with Crippen LogP contribution in [0.2, 0.25) is 0 Å². The molecule has 120 valence electrons. The van der Waals surface area contributed by atoms with Gasteiger partial charge in [0.25, 0.3) is 0 Å². The molecule has 0 spiro atoms. The Labute approximate surface area is 130 Å². The van der Waals surface area contributed by atoms with Gasteiger partial charge in [-0.05, 0) is 44.6 Å². The predicted molar refractivity (Wildman–Crippen MR) is 89.8 cm³/mol. The monoisotopic (exact) mass is 310 g/mol. The summed E-state index contributed by atoms with van der Waals surface area (Å²) in [5.74, 6) is 0.978. The molecule has 2 nitrogen and oxygen atoms in total. The number of hydrogen-bond acceptors (Lipinski definition) is 2. The third kappa shape index (κ3) is 4.45. The Hall–Kier alpha value is -0.570. The maximum absolute atomic E-state index is 12.4. The lowest BCUT2D eigenvalue weighted by Gasteiger charge is -2.26. The molecule has 0 aromatic heterocycles. The minimum absolute atomic E-state index is 0.326. The van der Waals surface area contributed by atoms with Gasteiger partial charge in [-0.15, -0.1) is 0 Å². The largest absolute Gasteiger partial charge is 0.223 e. The highest BCUT2D eigenvalue weighted by atomic mass is 32.2. The van der Waals surface area contributed by atoms with Gasteiger partial charge in [0.1, 0.15) is 0 Å². The maximum atomic E-state index is 12.4. The van der Waals surface area contributed by atoms with Crippen molar-refractivity contribution in [2.24, 2.45) is 11.8 Å². The van der Waals surface area contributed by atoms with Crippen LogP contribution in [0.1, 0.15) is 71.6 Å². The fraction of sp³-hybridized carbons (Fsp3) is 0.778. The summed E-state index contributed by atoms with van der Waals surface area (Å²) in [4.78, 5) is 0.564. The average Bonchev–Trinajstić information content (AvgIpc) is 2.50. The second-order valence-electron chi connectivity index (χ2n) is 6.90. The van der Waals surface area contributed by atoms with E-state index in [4.69, 9.17) is 0 Å². The smallest absolute Gasteiger partial charge is 0.180 e. The van der Waals surface area contributed by atoms with Crippen LogP contribution >= 0.6 is 0 Å². The van der Waals surface area contributed by atoms with Crippen LogP contribution < -0.4 is 0 Å². The number of rotatable bonds is 2. The second-order valence-corrected chi connectivity index (χ2v) is 9.41. The summed E-state index contributed by atoms with van der Waals surface area (Å²) < 4.78 is 24.7. The zero-order valence-electron chi connectivity index (χ0n) is 13.6. The minimum atomic E-state index is -3.12. The molecule has 0 aromatic carbocycles. The van der Waals surface area contributed by atoms with E-state index in [0.29, 0.717) is 16.7 Å². The molecule has 0 amide bonds. The molecule has 3 heteroatoms. The quantitative estimate of drug-likeness (QED) is 0.717. The summed E-state index contributed by atoms with van der Waals surface area (Å²) in [6.45, 7) is 3.54. The van der Waals surface area contributed by atoms with Gasteiger partial charge in [0.05, 0.1) is 10.2 Å². The molecule has 0 aromatic rings. The highest BCUT2D eigenvalue weighted by molar-refractivity contribution is 7.96. The van der Waals surface area contributed by atoms with Crippen molar-refractivity contribution in [3.8, 4) is 0 Å². The van der Waals surface area contributed by atoms with E-state index < -0.39 is 9.84 Å². The summed E-state index contributed by atoms with van der Waals surface area (Å²) in [7, 11) is -3.12. The van der Waals surface area contributed by atoms with Gasteiger partial charge in [-0.3, -0.25) is 0 Å². The van der Waals surface area contributed by atoms with Crippen LogP contribution in [0.4, 0.5) is 0 Å². The summed E-state index contributed by atoms with van der Waals surface area (Å²) in [6.07, 6.45) is 17.7. The van der Waals surface area contributed by atoms with Crippen molar-refractivity contribution in [2.75, 3.05) is 0 Å². The molecule has 2 aliphatic carbocycles. The van der Waals surface area contributed by atoms with Gasteiger partial charge in [-0.25, -0.2) is 8.42 Å². The fourth-order valence-electron chi connectivity index (χ4n) is 3.46. The molecular weight excluding hydrogens is 280 g/mol. The van der Waals surface area contributed by atoms with Crippen LogP contribution in [0.25, 0.3) is 0 Å². The summed E-state index contributed by atoms with van der Waals surface area (Å²) in [5.41, 5.74) is 0. The maximum Gasteiger partial charge on any atom is 0.180 e. The molecule has 2 unspecified atom stereocenters. The second kappa shape index (κ2) is 7.62. The Kier molecular flexibility index (Phi) is 6.09. The van der Waals surface area contributed by atoms with E-state index in [1.165, 1.54) is 51.4 Å². The minimum Gasteiger partial charge on any atom is -0.223 e. The van der Waals surface area contributed by atoms with Crippen LogP contribution in [0, 0.1) is 11.8 Å². The van der Waals surface area contributed by atoms with Gasteiger partial charge < -0.3 is 0 Å². The molecule has 1 saturated carbocycles. The molecule has 0 saturated heterocycles. The highest BCUT2D eigenvalue weighted by Gasteiger charge is 2.27. The first-order valence-corrected chi connectivity index (χ1v) is 10.2. The Bertz CT molecular complexity index is 485. The lowest BCUT2D eigenvalue weighted by Crippen LogP contribution is -2.21. The molecule has 0 N–H and O–H groups in total. The first-order chi connectivity index (χ1) is 10.0. The van der Waals surface area contributed by atoms with Crippen LogP contribution in [-0.2, 0) is 9.84 Å². The van der Waals surface area contributed by atoms with Crippen molar-refractivity contribution in [3.63, 3.8) is 0 Å². The van der Waals surface area contributed by atoms with Crippen molar-refractivity contribution < 1.29 is 8.42 Å². The van der Waals surface area contributed by atoms with E-state index in [0.717, 1.165) is 6.42 Å². The van der Waals surface area contributed by atoms with Gasteiger partial charge in [0.2, 0.25) is 0 Å². The Morgan fingerprint density at radius 2 is 1.43 bits per heavy atom. The third-order valence-corrected chi connectivity index (χ3v) is 7.13. The van der Waals surface area contributed by atoms with E-state index in [1.807, 2.05) is 6.08 Å². The van der Waals surface area contributed by atoms with Crippen molar-refractivity contribution in [1.29, 1.82) is 0 Å². The van der Waals surface area contributed by atoms with Gasteiger partial charge in [-0.2, -0.15) is 0 Å². The average molecular weight is 311 g/mol. The Morgan fingerprint density at radius 3 is 2.00 bits per heavy atom. The van der Waals surface area contributed by atoms with E-state index in [2.05, 4.69) is 12.2 Å². The van der Waals surface area contributed by atoms with E-state index >= 15 is 0 Å². The van der Waals surface area contributed by atoms with Crippen molar-refractivity contribution in [1.82, 2.24) is 0 Å². The molecule has 2 aliphatic rings. The Morgan fingerprint density at radius 1 is 0.905 bits per heavy atom. The lowest BCUT2D eigenvalue weighted by molar-refractivity contribution is 0.393. The summed E-state index contributed by atoms with van der Waals surface area (Å²) in [6, 6.07) is 0. The summed E-state index contributed by atoms with van der Waals surface area (Å²) >= 11 is 0. The molecule has 21 heavy (non-hydrogen) atoms. The Balaban J connectivity index is 2.14. The zero-order valence-corrected chi connectivity index (χ0v) is 14.4. The lowest BCUT2D eigenvalue weighted by atomic mass is 9.82. The molecular formula is C18H30O2S. The first-order valence-electron chi connectivity index (χ1n) is 8.66. The first kappa shape index (κ1) is 16.8. The van der Waals surface area contributed by atoms with Crippen molar-refractivity contribution >= 4 is 9.84 Å². The molecule has 0 aliphatic heterocycles. The number of allylic oxidation sites excluding steroid dienone is 3. The van der Waals surface area contributed by atoms with Gasteiger partial charge in [-0.1, -0.05) is 57.1 Å². The van der Waals surface area contributed by atoms with E-state index in [9.17, 15) is 8.42 Å². The molecule has 1 fully saturated rings. The number of hydrogen-bond donors (Lipinski definition) is 0. The van der Waals surface area contributed by atoms with Crippen LogP contribution in [-0.4, -0.2) is 13.7 Å². The normalized spacial score (nSPS) is 28.6. The molecule has 0 radical (unpaired) electrons. The van der Waals surface area contributed by atoms with E-state index in [-0.39, 0.29) is 5.25 Å². The zero-order chi connectivity index (χ0) is 15.3. The molecule has 0 heterocycles. The standard InChI is InChI=1S/C18H30O2S/c1-15(2)21(19,20)18-13-12-16-10-8-6-4-3-5-7-9-11-17(16)14-18/h12-17H,3-11H2,1-2H3. The van der Waals surface area contributed by atoms with Gasteiger partial charge >= 0.3 is 0 Å². The van der Waals surface area contributed by atoms with Crippen LogP contribution in [0.3, 0.4) is 0 Å². The number of fused-ring (bicyclic) bond motifs is 1. The summed E-state index contributed by atoms with van der Waals surface area (Å²) in [5, 5.41) is -0.326. The fourth-order valence-corrected chi connectivity index (χ4v) is 4.64. The van der Waals surface area contributed by atoms with Crippen LogP contribution in [0.5, 0.6) is 0 Å². The van der Waals surface area contributed by atoms with Gasteiger partial charge in [0, 0.05) is 0 Å². The molecule has 2 atom stereocenters. The van der Waals surface area contributed by atoms with Crippen LogP contribution in [0.15, 0.2) is 23.1 Å². The SMILES string of the molecule is CC(C)S(=O)(=O)C1=CC2CCCCCCCCCC2C=C1. The van der Waals surface area contributed by atoms with E-state index in [1.54, 1.807) is 13.8 Å².